The molecule has 0 amide bonds. The van der Waals surface area contributed by atoms with Gasteiger partial charge in [0.25, 0.3) is 0 Å². The summed E-state index contributed by atoms with van der Waals surface area (Å²) in [6.07, 6.45) is -4.04. The number of aliphatic hydroxyl groups is 1. The number of aromatic nitrogens is 1. The van der Waals surface area contributed by atoms with Crippen molar-refractivity contribution in [2.24, 2.45) is 0 Å². The molecule has 1 aliphatic rings. The number of nitrogens with one attached hydrogen (secondary N) is 2. The van der Waals surface area contributed by atoms with E-state index in [9.17, 15) is 18.3 Å². The van der Waals surface area contributed by atoms with E-state index in [1.807, 2.05) is 0 Å². The standard InChI is InChI=1S/C17H12ClF3N4O/c18-12-2-3-13-10(6-12)5-11(16(26)24-13)8-23-14-4-1-9(7-22)15(25-14)17(19,20)21/h1-6,16,24,26H,8H2,(H,23,25). The highest BCUT2D eigenvalue weighted by Crippen LogP contribution is 2.32. The van der Waals surface area contributed by atoms with Crippen LogP contribution in [0.15, 0.2) is 35.9 Å². The summed E-state index contributed by atoms with van der Waals surface area (Å²) in [4.78, 5) is 3.47. The summed E-state index contributed by atoms with van der Waals surface area (Å²) >= 11 is 5.94. The molecule has 0 bridgehead atoms. The molecule has 2 aromatic rings. The van der Waals surface area contributed by atoms with Gasteiger partial charge in [0.2, 0.25) is 0 Å². The maximum Gasteiger partial charge on any atom is 0.434 e. The number of nitriles is 1. The molecule has 0 fully saturated rings. The highest BCUT2D eigenvalue weighted by atomic mass is 35.5. The van der Waals surface area contributed by atoms with Gasteiger partial charge in [-0.2, -0.15) is 18.4 Å². The van der Waals surface area contributed by atoms with E-state index in [0.717, 1.165) is 11.6 Å². The van der Waals surface area contributed by atoms with E-state index in [4.69, 9.17) is 16.9 Å². The number of benzene rings is 1. The van der Waals surface area contributed by atoms with E-state index in [-0.39, 0.29) is 12.4 Å². The summed E-state index contributed by atoms with van der Waals surface area (Å²) < 4.78 is 38.9. The number of halogens is 4. The molecule has 0 saturated heterocycles. The molecule has 2 heterocycles. The highest BCUT2D eigenvalue weighted by Gasteiger charge is 2.36. The fourth-order valence-corrected chi connectivity index (χ4v) is 2.69. The van der Waals surface area contributed by atoms with Gasteiger partial charge in [0, 0.05) is 17.3 Å². The predicted octanol–water partition coefficient (Wildman–Crippen LogP) is 3.86. The van der Waals surface area contributed by atoms with Crippen LogP contribution in [-0.4, -0.2) is 22.9 Å². The molecule has 0 spiro atoms. The predicted molar refractivity (Wildman–Crippen MR) is 91.5 cm³/mol. The summed E-state index contributed by atoms with van der Waals surface area (Å²) in [5, 5.41) is 25.0. The third kappa shape index (κ3) is 3.74. The van der Waals surface area contributed by atoms with Gasteiger partial charge in [-0.15, -0.1) is 0 Å². The molecule has 26 heavy (non-hydrogen) atoms. The van der Waals surface area contributed by atoms with Crippen molar-refractivity contribution in [1.82, 2.24) is 4.98 Å². The van der Waals surface area contributed by atoms with E-state index in [1.54, 1.807) is 24.3 Å². The Morgan fingerprint density at radius 1 is 1.31 bits per heavy atom. The van der Waals surface area contributed by atoms with E-state index in [0.29, 0.717) is 16.3 Å². The zero-order chi connectivity index (χ0) is 18.9. The maximum absolute atomic E-state index is 13.0. The van der Waals surface area contributed by atoms with Gasteiger partial charge in [-0.05, 0) is 47.5 Å². The monoisotopic (exact) mass is 380 g/mol. The van der Waals surface area contributed by atoms with Crippen LogP contribution in [0.2, 0.25) is 5.02 Å². The lowest BCUT2D eigenvalue weighted by Gasteiger charge is -2.25. The van der Waals surface area contributed by atoms with Crippen LogP contribution in [0.4, 0.5) is 24.7 Å². The average Bonchev–Trinajstić information content (AvgIpc) is 2.59. The fourth-order valence-electron chi connectivity index (χ4n) is 2.51. The van der Waals surface area contributed by atoms with Gasteiger partial charge in [-0.3, -0.25) is 0 Å². The van der Waals surface area contributed by atoms with Gasteiger partial charge in [0.05, 0.1) is 5.56 Å². The second-order valence-corrected chi connectivity index (χ2v) is 5.99. The zero-order valence-corrected chi connectivity index (χ0v) is 13.9. The number of rotatable bonds is 3. The third-order valence-corrected chi connectivity index (χ3v) is 3.99. The number of anilines is 2. The lowest BCUT2D eigenvalue weighted by molar-refractivity contribution is -0.141. The van der Waals surface area contributed by atoms with Crippen LogP contribution in [0.5, 0.6) is 0 Å². The quantitative estimate of drug-likeness (QED) is 0.753. The van der Waals surface area contributed by atoms with Gasteiger partial charge < -0.3 is 15.7 Å². The molecule has 134 valence electrons. The SMILES string of the molecule is N#Cc1ccc(NCC2=Cc3cc(Cl)ccc3NC2O)nc1C(F)(F)F. The van der Waals surface area contributed by atoms with Crippen LogP contribution in [0, 0.1) is 11.3 Å². The highest BCUT2D eigenvalue weighted by molar-refractivity contribution is 6.30. The van der Waals surface area contributed by atoms with Crippen molar-refractivity contribution in [3.8, 4) is 6.07 Å². The number of fused-ring (bicyclic) bond motifs is 1. The van der Waals surface area contributed by atoms with Crippen molar-refractivity contribution in [2.45, 2.75) is 12.4 Å². The van der Waals surface area contributed by atoms with Crippen LogP contribution >= 0.6 is 11.6 Å². The van der Waals surface area contributed by atoms with Gasteiger partial charge in [0.15, 0.2) is 5.69 Å². The van der Waals surface area contributed by atoms with Crippen molar-refractivity contribution in [3.05, 3.63) is 57.7 Å². The minimum absolute atomic E-state index is 0.0519. The minimum Gasteiger partial charge on any atom is -0.370 e. The van der Waals surface area contributed by atoms with E-state index in [1.165, 1.54) is 12.1 Å². The van der Waals surface area contributed by atoms with Crippen LogP contribution in [0.3, 0.4) is 0 Å². The van der Waals surface area contributed by atoms with Crippen molar-refractivity contribution in [2.75, 3.05) is 17.2 Å². The minimum atomic E-state index is -4.73. The number of nitrogens with zero attached hydrogens (tertiary/aromatic N) is 2. The van der Waals surface area contributed by atoms with Gasteiger partial charge >= 0.3 is 6.18 Å². The number of hydrogen-bond donors (Lipinski definition) is 3. The molecular weight excluding hydrogens is 369 g/mol. The summed E-state index contributed by atoms with van der Waals surface area (Å²) in [6, 6.07) is 8.91. The lowest BCUT2D eigenvalue weighted by atomic mass is 10.0. The Hall–Kier alpha value is -2.76. The maximum atomic E-state index is 13.0. The Balaban J connectivity index is 1.82. The van der Waals surface area contributed by atoms with Crippen LogP contribution in [0.1, 0.15) is 16.8 Å². The Labute approximate surface area is 151 Å². The molecule has 0 radical (unpaired) electrons. The topological polar surface area (TPSA) is 81.0 Å². The Morgan fingerprint density at radius 3 is 2.77 bits per heavy atom. The first-order valence-electron chi connectivity index (χ1n) is 7.45. The smallest absolute Gasteiger partial charge is 0.370 e. The number of hydrogen-bond acceptors (Lipinski definition) is 5. The Kier molecular flexibility index (Phi) is 4.76. The molecule has 1 atom stereocenters. The molecule has 5 nitrogen and oxygen atoms in total. The fraction of sp³-hybridized carbons (Fsp3) is 0.176. The summed E-state index contributed by atoms with van der Waals surface area (Å²) in [6.45, 7) is 0.0519. The molecule has 9 heteroatoms. The zero-order valence-electron chi connectivity index (χ0n) is 13.1. The summed E-state index contributed by atoms with van der Waals surface area (Å²) in [7, 11) is 0. The van der Waals surface area contributed by atoms with E-state index < -0.39 is 23.7 Å². The first kappa shape index (κ1) is 18.0. The van der Waals surface area contributed by atoms with Crippen LogP contribution in [0.25, 0.3) is 6.08 Å². The molecule has 3 N–H and O–H groups in total. The van der Waals surface area contributed by atoms with Gasteiger partial charge in [0.1, 0.15) is 18.1 Å². The average molecular weight is 381 g/mol. The van der Waals surface area contributed by atoms with Gasteiger partial charge in [-0.1, -0.05) is 11.6 Å². The number of alkyl halides is 3. The van der Waals surface area contributed by atoms with E-state index >= 15 is 0 Å². The Bertz CT molecular complexity index is 921. The molecule has 0 saturated carbocycles. The Morgan fingerprint density at radius 2 is 2.08 bits per heavy atom. The first-order valence-corrected chi connectivity index (χ1v) is 7.82. The third-order valence-electron chi connectivity index (χ3n) is 3.76. The van der Waals surface area contributed by atoms with Crippen molar-refractivity contribution >= 4 is 29.2 Å². The number of aliphatic hydroxyl groups excluding tert-OH is 1. The second kappa shape index (κ2) is 6.86. The summed E-state index contributed by atoms with van der Waals surface area (Å²) in [5.74, 6) is -0.0543. The molecule has 1 aromatic carbocycles. The normalized spacial score (nSPS) is 16.2. The molecule has 1 aromatic heterocycles. The molecular formula is C17H12ClF3N4O. The largest absolute Gasteiger partial charge is 0.434 e. The van der Waals surface area contributed by atoms with Gasteiger partial charge in [-0.25, -0.2) is 4.98 Å². The van der Waals surface area contributed by atoms with Crippen molar-refractivity contribution in [3.63, 3.8) is 0 Å². The first-order chi connectivity index (χ1) is 12.3. The lowest BCUT2D eigenvalue weighted by Crippen LogP contribution is -2.28. The number of pyridine rings is 1. The van der Waals surface area contributed by atoms with Crippen molar-refractivity contribution in [1.29, 1.82) is 5.26 Å². The molecule has 3 rings (SSSR count). The van der Waals surface area contributed by atoms with Crippen LogP contribution < -0.4 is 10.6 Å². The molecule has 0 aliphatic carbocycles. The van der Waals surface area contributed by atoms with Crippen molar-refractivity contribution < 1.29 is 18.3 Å². The summed E-state index contributed by atoms with van der Waals surface area (Å²) in [5.41, 5.74) is 0.146. The van der Waals surface area contributed by atoms with E-state index in [2.05, 4.69) is 15.6 Å². The molecule has 1 aliphatic heterocycles. The second-order valence-electron chi connectivity index (χ2n) is 5.55. The van der Waals surface area contributed by atoms with Crippen LogP contribution in [-0.2, 0) is 6.18 Å². The molecule has 1 unspecified atom stereocenters.